The number of rotatable bonds is 1. The number of phenolic OH excluding ortho intramolecular Hbond substituents is 1. The molecule has 0 atom stereocenters. The van der Waals surface area contributed by atoms with Gasteiger partial charge in [0, 0.05) is 5.39 Å². The molecule has 1 N–H and O–H groups in total. The standard InChI is InChI=1S/C16H10Cl2O/c17-14-6-5-10(8-15(14)18)12-7-11-3-1-2-4-13(11)16(19)9-12/h1-9,19H. The van der Waals surface area contributed by atoms with E-state index in [0.29, 0.717) is 10.0 Å². The molecule has 0 saturated heterocycles. The smallest absolute Gasteiger partial charge is 0.124 e. The highest BCUT2D eigenvalue weighted by Gasteiger charge is 2.06. The first kappa shape index (κ1) is 12.3. The minimum absolute atomic E-state index is 0.263. The normalized spacial score (nSPS) is 10.8. The van der Waals surface area contributed by atoms with Crippen LogP contribution in [0.15, 0.2) is 54.6 Å². The van der Waals surface area contributed by atoms with Crippen molar-refractivity contribution in [2.45, 2.75) is 0 Å². The SMILES string of the molecule is Oc1cc(-c2ccc(Cl)c(Cl)c2)cc2ccccc12. The van der Waals surface area contributed by atoms with Crippen LogP contribution in [0.3, 0.4) is 0 Å². The third-order valence-electron chi connectivity index (χ3n) is 3.09. The third kappa shape index (κ3) is 2.27. The first-order valence-corrected chi connectivity index (χ1v) is 6.58. The molecule has 3 rings (SSSR count). The summed E-state index contributed by atoms with van der Waals surface area (Å²) in [6, 6.07) is 16.9. The lowest BCUT2D eigenvalue weighted by Gasteiger charge is -2.07. The third-order valence-corrected chi connectivity index (χ3v) is 3.83. The molecule has 0 bridgehead atoms. The Kier molecular flexibility index (Phi) is 3.09. The zero-order valence-electron chi connectivity index (χ0n) is 9.90. The maximum absolute atomic E-state index is 10.1. The van der Waals surface area contributed by atoms with Crippen molar-refractivity contribution in [1.29, 1.82) is 0 Å². The molecule has 0 saturated carbocycles. The number of fused-ring (bicyclic) bond motifs is 1. The Labute approximate surface area is 121 Å². The first-order chi connectivity index (χ1) is 9.15. The van der Waals surface area contributed by atoms with Crippen LogP contribution in [0.1, 0.15) is 0 Å². The summed E-state index contributed by atoms with van der Waals surface area (Å²) in [4.78, 5) is 0. The van der Waals surface area contributed by atoms with Gasteiger partial charge in [-0.25, -0.2) is 0 Å². The molecule has 3 aromatic carbocycles. The highest BCUT2D eigenvalue weighted by Crippen LogP contribution is 2.34. The summed E-state index contributed by atoms with van der Waals surface area (Å²) in [7, 11) is 0. The molecule has 0 aromatic heterocycles. The summed E-state index contributed by atoms with van der Waals surface area (Å²) in [6.45, 7) is 0. The van der Waals surface area contributed by atoms with Crippen LogP contribution in [0.25, 0.3) is 21.9 Å². The molecule has 0 aliphatic carbocycles. The van der Waals surface area contributed by atoms with Crippen LogP contribution in [0.4, 0.5) is 0 Å². The Balaban J connectivity index is 2.22. The summed E-state index contributed by atoms with van der Waals surface area (Å²) in [5, 5.41) is 12.9. The number of halogens is 2. The van der Waals surface area contributed by atoms with Crippen LogP contribution in [-0.2, 0) is 0 Å². The summed E-state index contributed by atoms with van der Waals surface area (Å²) in [5.74, 6) is 0.263. The van der Waals surface area contributed by atoms with Crippen molar-refractivity contribution in [2.24, 2.45) is 0 Å². The fraction of sp³-hybridized carbons (Fsp3) is 0. The van der Waals surface area contributed by atoms with Gasteiger partial charge in [-0.3, -0.25) is 0 Å². The second-order valence-corrected chi connectivity index (χ2v) is 5.16. The fourth-order valence-corrected chi connectivity index (χ4v) is 2.43. The lowest BCUT2D eigenvalue weighted by Crippen LogP contribution is -1.81. The molecule has 0 aliphatic rings. The van der Waals surface area contributed by atoms with Crippen LogP contribution >= 0.6 is 23.2 Å². The second kappa shape index (κ2) is 4.76. The molecule has 0 fully saturated rings. The number of aromatic hydroxyl groups is 1. The van der Waals surface area contributed by atoms with E-state index in [2.05, 4.69) is 0 Å². The molecule has 0 unspecified atom stereocenters. The van der Waals surface area contributed by atoms with Gasteiger partial charge >= 0.3 is 0 Å². The van der Waals surface area contributed by atoms with Crippen LogP contribution in [0.5, 0.6) is 5.75 Å². The van der Waals surface area contributed by atoms with Crippen LogP contribution < -0.4 is 0 Å². The van der Waals surface area contributed by atoms with Crippen molar-refractivity contribution in [1.82, 2.24) is 0 Å². The molecular weight excluding hydrogens is 279 g/mol. The predicted octanol–water partition coefficient (Wildman–Crippen LogP) is 5.52. The van der Waals surface area contributed by atoms with E-state index in [1.165, 1.54) is 0 Å². The van der Waals surface area contributed by atoms with E-state index in [1.54, 1.807) is 18.2 Å². The molecule has 3 heteroatoms. The average Bonchev–Trinajstić information content (AvgIpc) is 2.42. The van der Waals surface area contributed by atoms with Crippen LogP contribution in [0.2, 0.25) is 10.0 Å². The van der Waals surface area contributed by atoms with E-state index >= 15 is 0 Å². The van der Waals surface area contributed by atoms with Gasteiger partial charge in [0.2, 0.25) is 0 Å². The first-order valence-electron chi connectivity index (χ1n) is 5.82. The van der Waals surface area contributed by atoms with E-state index in [4.69, 9.17) is 23.2 Å². The highest BCUT2D eigenvalue weighted by atomic mass is 35.5. The Hall–Kier alpha value is -1.70. The van der Waals surface area contributed by atoms with E-state index in [9.17, 15) is 5.11 Å². The predicted molar refractivity (Wildman–Crippen MR) is 81.1 cm³/mol. The van der Waals surface area contributed by atoms with Crippen molar-refractivity contribution in [3.05, 3.63) is 64.6 Å². The summed E-state index contributed by atoms with van der Waals surface area (Å²) in [5.41, 5.74) is 1.84. The molecule has 0 heterocycles. The Morgan fingerprint density at radius 1 is 0.737 bits per heavy atom. The quantitative estimate of drug-likeness (QED) is 0.625. The fourth-order valence-electron chi connectivity index (χ4n) is 2.13. The van der Waals surface area contributed by atoms with Crippen molar-refractivity contribution in [3.63, 3.8) is 0 Å². The lowest BCUT2D eigenvalue weighted by molar-refractivity contribution is 0.482. The molecule has 0 aliphatic heterocycles. The molecule has 1 nitrogen and oxygen atoms in total. The topological polar surface area (TPSA) is 20.2 Å². The van der Waals surface area contributed by atoms with Gasteiger partial charge < -0.3 is 5.11 Å². The highest BCUT2D eigenvalue weighted by molar-refractivity contribution is 6.42. The van der Waals surface area contributed by atoms with E-state index in [-0.39, 0.29) is 5.75 Å². The minimum Gasteiger partial charge on any atom is -0.507 e. The van der Waals surface area contributed by atoms with Gasteiger partial charge in [-0.1, -0.05) is 53.5 Å². The molecular formula is C16H10Cl2O. The van der Waals surface area contributed by atoms with Crippen molar-refractivity contribution < 1.29 is 5.11 Å². The maximum Gasteiger partial charge on any atom is 0.124 e. The van der Waals surface area contributed by atoms with Crippen molar-refractivity contribution in [3.8, 4) is 16.9 Å². The molecule has 94 valence electrons. The van der Waals surface area contributed by atoms with Crippen molar-refractivity contribution in [2.75, 3.05) is 0 Å². The molecule has 0 radical (unpaired) electrons. The van der Waals surface area contributed by atoms with E-state index in [1.807, 2.05) is 36.4 Å². The average molecular weight is 289 g/mol. The monoisotopic (exact) mass is 288 g/mol. The second-order valence-electron chi connectivity index (χ2n) is 4.35. The minimum atomic E-state index is 0.263. The molecule has 19 heavy (non-hydrogen) atoms. The van der Waals surface area contributed by atoms with Crippen LogP contribution in [-0.4, -0.2) is 5.11 Å². The number of phenols is 1. The summed E-state index contributed by atoms with van der Waals surface area (Å²) >= 11 is 11.9. The van der Waals surface area contributed by atoms with Gasteiger partial charge in [0.1, 0.15) is 5.75 Å². The van der Waals surface area contributed by atoms with E-state index < -0.39 is 0 Å². The van der Waals surface area contributed by atoms with Gasteiger partial charge in [-0.2, -0.15) is 0 Å². The summed E-state index contributed by atoms with van der Waals surface area (Å²) < 4.78 is 0. The maximum atomic E-state index is 10.1. The Bertz CT molecular complexity index is 766. The Morgan fingerprint density at radius 3 is 2.32 bits per heavy atom. The van der Waals surface area contributed by atoms with Gasteiger partial charge in [0.05, 0.1) is 10.0 Å². The molecule has 0 spiro atoms. The molecule has 3 aromatic rings. The van der Waals surface area contributed by atoms with Gasteiger partial charge in [0.25, 0.3) is 0 Å². The zero-order chi connectivity index (χ0) is 13.4. The molecule has 0 amide bonds. The summed E-state index contributed by atoms with van der Waals surface area (Å²) in [6.07, 6.45) is 0. The van der Waals surface area contributed by atoms with E-state index in [0.717, 1.165) is 21.9 Å². The lowest BCUT2D eigenvalue weighted by atomic mass is 10.0. The van der Waals surface area contributed by atoms with Crippen LogP contribution in [0, 0.1) is 0 Å². The Morgan fingerprint density at radius 2 is 1.53 bits per heavy atom. The van der Waals surface area contributed by atoms with Crippen molar-refractivity contribution >= 4 is 34.0 Å². The van der Waals surface area contributed by atoms with Gasteiger partial charge in [-0.05, 0) is 40.8 Å². The number of hydrogen-bond donors (Lipinski definition) is 1. The van der Waals surface area contributed by atoms with Gasteiger partial charge in [-0.15, -0.1) is 0 Å². The zero-order valence-corrected chi connectivity index (χ0v) is 11.4. The number of benzene rings is 3. The van der Waals surface area contributed by atoms with Gasteiger partial charge in [0.15, 0.2) is 0 Å². The largest absolute Gasteiger partial charge is 0.507 e. The number of hydrogen-bond acceptors (Lipinski definition) is 1.